The molecule has 1 atom stereocenters. The van der Waals surface area contributed by atoms with E-state index in [1.54, 1.807) is 0 Å². The second kappa shape index (κ2) is 7.81. The molecule has 1 heterocycles. The summed E-state index contributed by atoms with van der Waals surface area (Å²) >= 11 is 0. The lowest BCUT2D eigenvalue weighted by Gasteiger charge is -2.10. The highest BCUT2D eigenvalue weighted by molar-refractivity contribution is 5.95. The Labute approximate surface area is 151 Å². The van der Waals surface area contributed by atoms with Crippen LogP contribution in [-0.4, -0.2) is 31.5 Å². The maximum Gasteiger partial charge on any atom is 0.573 e. The van der Waals surface area contributed by atoms with Gasteiger partial charge in [0, 0.05) is 6.42 Å². The van der Waals surface area contributed by atoms with Crippen molar-refractivity contribution in [2.45, 2.75) is 18.8 Å². The van der Waals surface area contributed by atoms with Crippen molar-refractivity contribution in [2.24, 2.45) is 4.99 Å². The zero-order valence-corrected chi connectivity index (χ0v) is 13.8. The number of rotatable bonds is 6. The molecular formula is C18H14F5NO3. The van der Waals surface area contributed by atoms with E-state index in [2.05, 4.69) is 9.73 Å². The molecule has 2 aromatic carbocycles. The lowest BCUT2D eigenvalue weighted by Crippen LogP contribution is -2.17. The van der Waals surface area contributed by atoms with Gasteiger partial charge in [0.15, 0.2) is 0 Å². The summed E-state index contributed by atoms with van der Waals surface area (Å²) in [4.78, 5) is 4.15. The molecule has 1 aliphatic rings. The van der Waals surface area contributed by atoms with Crippen molar-refractivity contribution < 1.29 is 36.2 Å². The van der Waals surface area contributed by atoms with E-state index in [0.29, 0.717) is 12.2 Å². The number of hydrogen-bond acceptors (Lipinski definition) is 4. The third-order valence-electron chi connectivity index (χ3n) is 3.67. The first-order valence-electron chi connectivity index (χ1n) is 7.95. The van der Waals surface area contributed by atoms with Crippen LogP contribution in [0.5, 0.6) is 11.5 Å². The molecule has 0 spiro atoms. The van der Waals surface area contributed by atoms with Crippen molar-refractivity contribution in [1.82, 2.24) is 0 Å². The first-order valence-corrected chi connectivity index (χ1v) is 7.95. The fourth-order valence-corrected chi connectivity index (χ4v) is 2.45. The predicted octanol–water partition coefficient (Wildman–Crippen LogP) is 4.48. The average molecular weight is 387 g/mol. The minimum Gasteiger partial charge on any atom is -0.494 e. The Morgan fingerprint density at radius 1 is 1.00 bits per heavy atom. The minimum atomic E-state index is -4.75. The lowest BCUT2D eigenvalue weighted by molar-refractivity contribution is -0.274. The van der Waals surface area contributed by atoms with Crippen molar-refractivity contribution in [2.75, 3.05) is 13.2 Å². The van der Waals surface area contributed by atoms with Gasteiger partial charge in [0.25, 0.3) is 0 Å². The number of hydrogen-bond donors (Lipinski definition) is 0. The molecule has 0 aromatic heterocycles. The third kappa shape index (κ3) is 5.08. The highest BCUT2D eigenvalue weighted by atomic mass is 19.4. The Kier molecular flexibility index (Phi) is 5.48. The second-order valence-corrected chi connectivity index (χ2v) is 5.65. The Morgan fingerprint density at radius 2 is 1.63 bits per heavy atom. The summed E-state index contributed by atoms with van der Waals surface area (Å²) < 4.78 is 78.2. The molecule has 0 bridgehead atoms. The fraction of sp³-hybridized carbons (Fsp3) is 0.278. The molecule has 3 rings (SSSR count). The third-order valence-corrected chi connectivity index (χ3v) is 3.67. The predicted molar refractivity (Wildman–Crippen MR) is 85.9 cm³/mol. The van der Waals surface area contributed by atoms with Crippen LogP contribution in [0.25, 0.3) is 0 Å². The molecule has 0 fully saturated rings. The Morgan fingerprint density at radius 3 is 2.26 bits per heavy atom. The SMILES string of the molecule is Fc1cccc(F)c1C1=NC(CCOc2ccc(OC(F)(F)F)cc2)CO1. The van der Waals surface area contributed by atoms with Gasteiger partial charge >= 0.3 is 6.36 Å². The molecule has 0 saturated heterocycles. The summed E-state index contributed by atoms with van der Waals surface area (Å²) in [6.07, 6.45) is -4.35. The molecule has 0 radical (unpaired) electrons. The molecule has 144 valence electrons. The molecule has 27 heavy (non-hydrogen) atoms. The lowest BCUT2D eigenvalue weighted by atomic mass is 10.2. The summed E-state index contributed by atoms with van der Waals surface area (Å²) in [5, 5.41) is 0. The van der Waals surface area contributed by atoms with Gasteiger partial charge in [-0.2, -0.15) is 0 Å². The zero-order chi connectivity index (χ0) is 19.4. The molecule has 9 heteroatoms. The molecule has 0 saturated carbocycles. The highest BCUT2D eigenvalue weighted by Gasteiger charge is 2.31. The number of benzene rings is 2. The molecule has 2 aromatic rings. The average Bonchev–Trinajstić information content (AvgIpc) is 3.03. The van der Waals surface area contributed by atoms with Gasteiger partial charge in [-0.25, -0.2) is 13.8 Å². The smallest absolute Gasteiger partial charge is 0.494 e. The molecule has 0 N–H and O–H groups in total. The molecule has 0 aliphatic carbocycles. The van der Waals surface area contributed by atoms with Crippen LogP contribution in [0, 0.1) is 11.6 Å². The molecule has 1 unspecified atom stereocenters. The Bertz CT molecular complexity index is 800. The van der Waals surface area contributed by atoms with E-state index < -0.39 is 18.0 Å². The zero-order valence-electron chi connectivity index (χ0n) is 13.8. The number of ether oxygens (including phenoxy) is 3. The number of aliphatic imine (C=N–C) groups is 1. The summed E-state index contributed by atoms with van der Waals surface area (Å²) in [5.74, 6) is -1.60. The van der Waals surface area contributed by atoms with Gasteiger partial charge in [-0.3, -0.25) is 0 Å². The van der Waals surface area contributed by atoms with Crippen LogP contribution >= 0.6 is 0 Å². The highest BCUT2D eigenvalue weighted by Crippen LogP contribution is 2.25. The molecule has 0 amide bonds. The first kappa shape index (κ1) is 18.9. The maximum absolute atomic E-state index is 13.7. The van der Waals surface area contributed by atoms with Crippen molar-refractivity contribution in [3.05, 3.63) is 59.7 Å². The van der Waals surface area contributed by atoms with Crippen LogP contribution in [0.4, 0.5) is 22.0 Å². The van der Waals surface area contributed by atoms with E-state index >= 15 is 0 Å². The van der Waals surface area contributed by atoms with Crippen LogP contribution in [0.3, 0.4) is 0 Å². The number of halogens is 5. The van der Waals surface area contributed by atoms with Crippen LogP contribution in [0.15, 0.2) is 47.5 Å². The monoisotopic (exact) mass is 387 g/mol. The summed E-state index contributed by atoms with van der Waals surface area (Å²) in [6.45, 7) is 0.356. The summed E-state index contributed by atoms with van der Waals surface area (Å²) in [7, 11) is 0. The first-order chi connectivity index (χ1) is 12.8. The van der Waals surface area contributed by atoms with Gasteiger partial charge in [-0.15, -0.1) is 13.2 Å². The van der Waals surface area contributed by atoms with Crippen molar-refractivity contribution in [3.63, 3.8) is 0 Å². The topological polar surface area (TPSA) is 40.0 Å². The van der Waals surface area contributed by atoms with Crippen molar-refractivity contribution >= 4 is 5.90 Å². The number of alkyl halides is 3. The van der Waals surface area contributed by atoms with E-state index in [0.717, 1.165) is 24.3 Å². The molecule has 4 nitrogen and oxygen atoms in total. The van der Waals surface area contributed by atoms with Gasteiger partial charge in [-0.05, 0) is 36.4 Å². The quantitative estimate of drug-likeness (QED) is 0.687. The van der Waals surface area contributed by atoms with Crippen LogP contribution in [0.2, 0.25) is 0 Å². The second-order valence-electron chi connectivity index (χ2n) is 5.65. The van der Waals surface area contributed by atoms with Gasteiger partial charge < -0.3 is 14.2 Å². The largest absolute Gasteiger partial charge is 0.573 e. The van der Waals surface area contributed by atoms with E-state index in [1.165, 1.54) is 18.2 Å². The van der Waals surface area contributed by atoms with Crippen LogP contribution < -0.4 is 9.47 Å². The van der Waals surface area contributed by atoms with Crippen LogP contribution in [0.1, 0.15) is 12.0 Å². The number of nitrogens with zero attached hydrogens (tertiary/aromatic N) is 1. The van der Waals surface area contributed by atoms with E-state index in [1.807, 2.05) is 0 Å². The van der Waals surface area contributed by atoms with E-state index in [4.69, 9.17) is 9.47 Å². The van der Waals surface area contributed by atoms with Crippen molar-refractivity contribution in [3.8, 4) is 11.5 Å². The molecular weight excluding hydrogens is 373 g/mol. The van der Waals surface area contributed by atoms with Gasteiger partial charge in [0.2, 0.25) is 5.90 Å². The standard InChI is InChI=1S/C18H14F5NO3/c19-14-2-1-3-15(20)16(14)17-24-11(10-26-17)8-9-25-12-4-6-13(7-5-12)27-18(21,22)23/h1-7,11H,8-10H2. The Hall–Kier alpha value is -2.84. The maximum atomic E-state index is 13.7. The van der Waals surface area contributed by atoms with Gasteiger partial charge in [0.05, 0.1) is 12.6 Å². The summed E-state index contributed by atoms with van der Waals surface area (Å²) in [5.41, 5.74) is -0.304. The fourth-order valence-electron chi connectivity index (χ4n) is 2.45. The minimum absolute atomic E-state index is 0.0933. The Balaban J connectivity index is 1.52. The van der Waals surface area contributed by atoms with Gasteiger partial charge in [0.1, 0.15) is 35.3 Å². The van der Waals surface area contributed by atoms with E-state index in [-0.39, 0.29) is 36.5 Å². The van der Waals surface area contributed by atoms with E-state index in [9.17, 15) is 22.0 Å². The van der Waals surface area contributed by atoms with Gasteiger partial charge in [-0.1, -0.05) is 6.07 Å². The summed E-state index contributed by atoms with van der Waals surface area (Å²) in [6, 6.07) is 8.11. The molecule has 1 aliphatic heterocycles. The van der Waals surface area contributed by atoms with Crippen molar-refractivity contribution in [1.29, 1.82) is 0 Å². The normalized spacial score (nSPS) is 16.6. The van der Waals surface area contributed by atoms with Crippen LogP contribution in [-0.2, 0) is 4.74 Å².